The number of carbonyl (C=O) groups is 3. The van der Waals surface area contributed by atoms with Crippen LogP contribution in [-0.4, -0.2) is 88.7 Å². The monoisotopic (exact) mass is 487 g/mol. The van der Waals surface area contributed by atoms with E-state index < -0.39 is 54.3 Å². The summed E-state index contributed by atoms with van der Waals surface area (Å²) in [6.07, 6.45) is -3.10. The normalized spacial score (nSPS) is 26.1. The van der Waals surface area contributed by atoms with Gasteiger partial charge in [0.2, 0.25) is 5.91 Å². The van der Waals surface area contributed by atoms with Crippen molar-refractivity contribution in [3.05, 3.63) is 11.1 Å². The molecule has 1 fully saturated rings. The van der Waals surface area contributed by atoms with Gasteiger partial charge in [0.15, 0.2) is 6.29 Å². The maximum Gasteiger partial charge on any atom is 0.342 e. The average Bonchev–Trinajstić information content (AvgIpc) is 2.98. The van der Waals surface area contributed by atoms with Gasteiger partial charge in [-0.25, -0.2) is 9.59 Å². The average molecular weight is 488 g/mol. The first-order valence-corrected chi connectivity index (χ1v) is 11.4. The van der Waals surface area contributed by atoms with Gasteiger partial charge < -0.3 is 39.6 Å². The third-order valence-electron chi connectivity index (χ3n) is 5.82. The summed E-state index contributed by atoms with van der Waals surface area (Å²) in [4.78, 5) is 35.4. The van der Waals surface area contributed by atoms with Gasteiger partial charge in [0.1, 0.15) is 12.2 Å². The van der Waals surface area contributed by atoms with Gasteiger partial charge >= 0.3 is 11.9 Å². The zero-order chi connectivity index (χ0) is 25.7. The number of rotatable bonds is 12. The van der Waals surface area contributed by atoms with Crippen molar-refractivity contribution in [3.63, 3.8) is 0 Å². The first kappa shape index (κ1) is 28.3. The molecular weight excluding hydrogens is 450 g/mol. The van der Waals surface area contributed by atoms with E-state index in [9.17, 15) is 29.7 Å². The van der Waals surface area contributed by atoms with Crippen molar-refractivity contribution in [2.45, 2.75) is 96.0 Å². The van der Waals surface area contributed by atoms with Crippen LogP contribution in [0.3, 0.4) is 0 Å². The number of hydrogen-bond acceptors (Lipinski definition) is 10. The van der Waals surface area contributed by atoms with E-state index in [1.54, 1.807) is 0 Å². The molecule has 2 rings (SSSR count). The van der Waals surface area contributed by atoms with Gasteiger partial charge in [0.25, 0.3) is 0 Å². The maximum absolute atomic E-state index is 12.4. The Balaban J connectivity index is 1.73. The molecule has 0 aromatic heterocycles. The lowest BCUT2D eigenvalue weighted by Gasteiger charge is -2.37. The van der Waals surface area contributed by atoms with Crippen molar-refractivity contribution in [2.24, 2.45) is 0 Å². The minimum absolute atomic E-state index is 0.0342. The zero-order valence-corrected chi connectivity index (χ0v) is 20.5. The predicted octanol–water partition coefficient (Wildman–Crippen LogP) is 0.0923. The highest BCUT2D eigenvalue weighted by Gasteiger charge is 2.37. The Labute approximate surface area is 199 Å². The molecule has 0 aromatic rings. The summed E-state index contributed by atoms with van der Waals surface area (Å²) in [5.74, 6) is -1.65. The van der Waals surface area contributed by atoms with Gasteiger partial charge in [-0.2, -0.15) is 0 Å². The molecule has 34 heavy (non-hydrogen) atoms. The van der Waals surface area contributed by atoms with Crippen LogP contribution in [0.15, 0.2) is 11.1 Å². The quantitative estimate of drug-likeness (QED) is 0.219. The summed E-state index contributed by atoms with van der Waals surface area (Å²) < 4.78 is 21.6. The Morgan fingerprint density at radius 1 is 1.18 bits per heavy atom. The number of aliphatic hydroxyl groups excluding tert-OH is 3. The van der Waals surface area contributed by atoms with E-state index in [0.29, 0.717) is 6.42 Å². The third-order valence-corrected chi connectivity index (χ3v) is 5.82. The number of carbonyl (C=O) groups excluding carboxylic acids is 3. The standard InChI is InChI=1S/C23H37NO10/c1-13-14(21(30)34-20(13)29)6-7-17(27)24-22(2,3)12-32-23(4,5)8-9-31-18-10-15(26)19(28)16(11-25)33-18/h15-16,18-19,25-26,28H,6-12H2,1-5H3,(H,24,27)/t15-,16-,18?,19-/m1/s1. The predicted molar refractivity (Wildman–Crippen MR) is 118 cm³/mol. The van der Waals surface area contributed by atoms with E-state index in [4.69, 9.17) is 14.2 Å². The van der Waals surface area contributed by atoms with Crippen LogP contribution in [0.4, 0.5) is 0 Å². The molecule has 2 heterocycles. The van der Waals surface area contributed by atoms with Gasteiger partial charge in [0.05, 0.1) is 37.1 Å². The summed E-state index contributed by atoms with van der Waals surface area (Å²) in [5.41, 5.74) is -0.822. The van der Waals surface area contributed by atoms with Crippen molar-refractivity contribution in [1.29, 1.82) is 0 Å². The molecule has 2 aliphatic rings. The van der Waals surface area contributed by atoms with Gasteiger partial charge in [0, 0.05) is 24.0 Å². The molecule has 0 aromatic carbocycles. The molecule has 1 unspecified atom stereocenters. The summed E-state index contributed by atoms with van der Waals surface area (Å²) in [7, 11) is 0. The van der Waals surface area contributed by atoms with Crippen molar-refractivity contribution < 1.29 is 48.7 Å². The molecule has 4 N–H and O–H groups in total. The van der Waals surface area contributed by atoms with E-state index in [2.05, 4.69) is 10.1 Å². The lowest BCUT2D eigenvalue weighted by Crippen LogP contribution is -2.50. The first-order valence-electron chi connectivity index (χ1n) is 11.4. The molecular formula is C23H37NO10. The third kappa shape index (κ3) is 8.10. The van der Waals surface area contributed by atoms with E-state index in [0.717, 1.165) is 0 Å². The maximum atomic E-state index is 12.4. The Hall–Kier alpha value is -1.89. The minimum Gasteiger partial charge on any atom is -0.394 e. The van der Waals surface area contributed by atoms with Crippen LogP contribution in [0.5, 0.6) is 0 Å². The van der Waals surface area contributed by atoms with Gasteiger partial charge in [-0.15, -0.1) is 0 Å². The molecule has 0 spiro atoms. The molecule has 11 nitrogen and oxygen atoms in total. The van der Waals surface area contributed by atoms with Crippen LogP contribution in [0.2, 0.25) is 0 Å². The van der Waals surface area contributed by atoms with Crippen LogP contribution in [0.1, 0.15) is 60.3 Å². The van der Waals surface area contributed by atoms with Crippen molar-refractivity contribution >= 4 is 17.8 Å². The number of cyclic esters (lactones) is 2. The second-order valence-electron chi connectivity index (χ2n) is 9.96. The van der Waals surface area contributed by atoms with Crippen LogP contribution < -0.4 is 5.32 Å². The van der Waals surface area contributed by atoms with Gasteiger partial charge in [-0.3, -0.25) is 4.79 Å². The largest absolute Gasteiger partial charge is 0.394 e. The molecule has 0 aliphatic carbocycles. The summed E-state index contributed by atoms with van der Waals surface area (Å²) in [5, 5.41) is 31.8. The van der Waals surface area contributed by atoms with E-state index in [1.807, 2.05) is 27.7 Å². The van der Waals surface area contributed by atoms with Crippen LogP contribution >= 0.6 is 0 Å². The Bertz CT molecular complexity index is 791. The highest BCUT2D eigenvalue weighted by Crippen LogP contribution is 2.24. The fourth-order valence-electron chi connectivity index (χ4n) is 3.56. The summed E-state index contributed by atoms with van der Waals surface area (Å²) in [6, 6.07) is 0. The molecule has 1 saturated heterocycles. The van der Waals surface area contributed by atoms with E-state index in [-0.39, 0.29) is 49.5 Å². The molecule has 1 amide bonds. The summed E-state index contributed by atoms with van der Waals surface area (Å²) in [6.45, 7) is 8.93. The Morgan fingerprint density at radius 3 is 2.44 bits per heavy atom. The van der Waals surface area contributed by atoms with Crippen molar-refractivity contribution in [1.82, 2.24) is 5.32 Å². The highest BCUT2D eigenvalue weighted by atomic mass is 16.7. The number of esters is 2. The Morgan fingerprint density at radius 2 is 1.85 bits per heavy atom. The number of aliphatic hydroxyl groups is 3. The number of nitrogens with one attached hydrogen (secondary N) is 1. The van der Waals surface area contributed by atoms with Crippen LogP contribution in [0.25, 0.3) is 0 Å². The van der Waals surface area contributed by atoms with Crippen molar-refractivity contribution in [2.75, 3.05) is 19.8 Å². The topological polar surface area (TPSA) is 161 Å². The molecule has 0 saturated carbocycles. The second kappa shape index (κ2) is 11.7. The molecule has 11 heteroatoms. The summed E-state index contributed by atoms with van der Waals surface area (Å²) >= 11 is 0. The Kier molecular flexibility index (Phi) is 9.75. The smallest absolute Gasteiger partial charge is 0.342 e. The molecule has 194 valence electrons. The lowest BCUT2D eigenvalue weighted by atomic mass is 10.0. The van der Waals surface area contributed by atoms with E-state index >= 15 is 0 Å². The van der Waals surface area contributed by atoms with Crippen LogP contribution in [-0.2, 0) is 33.3 Å². The molecule has 4 atom stereocenters. The zero-order valence-electron chi connectivity index (χ0n) is 20.5. The number of hydrogen-bond donors (Lipinski definition) is 4. The van der Waals surface area contributed by atoms with Gasteiger partial charge in [-0.1, -0.05) is 0 Å². The second-order valence-corrected chi connectivity index (χ2v) is 9.96. The number of amides is 1. The number of ether oxygens (including phenoxy) is 4. The van der Waals surface area contributed by atoms with E-state index in [1.165, 1.54) is 6.92 Å². The minimum atomic E-state index is -1.16. The first-order chi connectivity index (χ1) is 15.7. The van der Waals surface area contributed by atoms with Crippen LogP contribution in [0, 0.1) is 0 Å². The molecule has 0 radical (unpaired) electrons. The SMILES string of the molecule is CC1=C(CCC(=O)NC(C)(C)COC(C)(C)CCOC2C[C@@H](O)[C@@H](O)[C@@H](CO)O2)C(=O)OC1=O. The lowest BCUT2D eigenvalue weighted by molar-refractivity contribution is -0.259. The fourth-order valence-corrected chi connectivity index (χ4v) is 3.56. The molecule has 2 aliphatic heterocycles. The fraction of sp³-hybridized carbons (Fsp3) is 0.783. The highest BCUT2D eigenvalue weighted by molar-refractivity contribution is 6.12. The van der Waals surface area contributed by atoms with Crippen molar-refractivity contribution in [3.8, 4) is 0 Å². The molecule has 0 bridgehead atoms. The van der Waals surface area contributed by atoms with Gasteiger partial charge in [-0.05, 0) is 47.5 Å².